The number of fused-ring (bicyclic) bond motifs is 1. The lowest BCUT2D eigenvalue weighted by Gasteiger charge is -2.17. The fourth-order valence-corrected chi connectivity index (χ4v) is 6.13. The fraction of sp³-hybridized carbons (Fsp3) is 0.429. The molecule has 0 aromatic carbocycles. The molecule has 1 fully saturated rings. The van der Waals surface area contributed by atoms with E-state index < -0.39 is 0 Å². The van der Waals surface area contributed by atoms with Crippen molar-refractivity contribution < 1.29 is 9.21 Å². The van der Waals surface area contributed by atoms with E-state index in [1.54, 1.807) is 6.26 Å². The summed E-state index contributed by atoms with van der Waals surface area (Å²) < 4.78 is 7.54. The largest absolute Gasteiger partial charge is 0.467 e. The van der Waals surface area contributed by atoms with Crippen LogP contribution < -0.4 is 10.2 Å². The molecule has 1 aliphatic heterocycles. The van der Waals surface area contributed by atoms with E-state index in [1.807, 2.05) is 16.7 Å². The minimum Gasteiger partial charge on any atom is -0.467 e. The lowest BCUT2D eigenvalue weighted by molar-refractivity contribution is -0.113. The molecule has 31 heavy (non-hydrogen) atoms. The zero-order valence-electron chi connectivity index (χ0n) is 17.0. The van der Waals surface area contributed by atoms with E-state index in [0.29, 0.717) is 22.3 Å². The standard InChI is InChI=1S/C21H22N6O2S2/c22-11-16-15-6-3-7-17(15)31-19(16)23-18(28)13-30-21-25-24-20(26-8-1-2-9-26)27(21)12-14-5-4-10-29-14/h4-5,10H,1-3,6-9,12-13H2,(H,23,28). The van der Waals surface area contributed by atoms with Crippen LogP contribution in [0.5, 0.6) is 0 Å². The van der Waals surface area contributed by atoms with Gasteiger partial charge < -0.3 is 14.6 Å². The predicted molar refractivity (Wildman–Crippen MR) is 120 cm³/mol. The number of furan rings is 1. The van der Waals surface area contributed by atoms with Crippen LogP contribution >= 0.6 is 23.1 Å². The second-order valence-electron chi connectivity index (χ2n) is 7.65. The number of anilines is 2. The van der Waals surface area contributed by atoms with Gasteiger partial charge in [0.1, 0.15) is 16.8 Å². The summed E-state index contributed by atoms with van der Waals surface area (Å²) in [5.74, 6) is 1.69. The predicted octanol–water partition coefficient (Wildman–Crippen LogP) is 3.67. The summed E-state index contributed by atoms with van der Waals surface area (Å²) in [5, 5.41) is 22.6. The maximum Gasteiger partial charge on any atom is 0.235 e. The average molecular weight is 455 g/mol. The van der Waals surface area contributed by atoms with Crippen LogP contribution in [0.1, 0.15) is 41.0 Å². The quantitative estimate of drug-likeness (QED) is 0.544. The van der Waals surface area contributed by atoms with Crippen molar-refractivity contribution in [1.29, 1.82) is 5.26 Å². The highest BCUT2D eigenvalue weighted by atomic mass is 32.2. The molecular formula is C21H22N6O2S2. The van der Waals surface area contributed by atoms with Crippen LogP contribution in [0.15, 0.2) is 28.0 Å². The Kier molecular flexibility index (Phi) is 5.70. The molecular weight excluding hydrogens is 432 g/mol. The van der Waals surface area contributed by atoms with Crippen molar-refractivity contribution in [2.45, 2.75) is 43.8 Å². The van der Waals surface area contributed by atoms with Crippen molar-refractivity contribution >= 4 is 40.0 Å². The van der Waals surface area contributed by atoms with Crippen LogP contribution in [-0.4, -0.2) is 39.5 Å². The van der Waals surface area contributed by atoms with Crippen LogP contribution in [0.25, 0.3) is 0 Å². The highest BCUT2D eigenvalue weighted by molar-refractivity contribution is 7.99. The first kappa shape index (κ1) is 20.2. The van der Waals surface area contributed by atoms with E-state index in [-0.39, 0.29) is 11.7 Å². The monoisotopic (exact) mass is 454 g/mol. The molecule has 3 aromatic heterocycles. The van der Waals surface area contributed by atoms with Crippen molar-refractivity contribution in [1.82, 2.24) is 14.8 Å². The third-order valence-electron chi connectivity index (χ3n) is 5.60. The summed E-state index contributed by atoms with van der Waals surface area (Å²) >= 11 is 2.88. The molecule has 4 heterocycles. The number of aromatic nitrogens is 3. The zero-order chi connectivity index (χ0) is 21.2. The fourth-order valence-electron chi connectivity index (χ4n) is 4.14. The summed E-state index contributed by atoms with van der Waals surface area (Å²) in [6.45, 7) is 2.44. The van der Waals surface area contributed by atoms with E-state index in [4.69, 9.17) is 4.42 Å². The molecule has 10 heteroatoms. The summed E-state index contributed by atoms with van der Waals surface area (Å²) in [6.07, 6.45) is 6.95. The number of nitrogens with zero attached hydrogens (tertiary/aromatic N) is 5. The number of nitrogens with one attached hydrogen (secondary N) is 1. The average Bonchev–Trinajstić information content (AvgIpc) is 3.55. The van der Waals surface area contributed by atoms with Crippen LogP contribution in [-0.2, 0) is 24.2 Å². The molecule has 3 aromatic rings. The number of carbonyl (C=O) groups excluding carboxylic acids is 1. The number of carbonyl (C=O) groups is 1. The molecule has 1 N–H and O–H groups in total. The van der Waals surface area contributed by atoms with E-state index in [9.17, 15) is 10.1 Å². The molecule has 0 saturated carbocycles. The highest BCUT2D eigenvalue weighted by Gasteiger charge is 2.25. The summed E-state index contributed by atoms with van der Waals surface area (Å²) in [7, 11) is 0. The Bertz CT molecular complexity index is 1120. The molecule has 0 bridgehead atoms. The maximum absolute atomic E-state index is 12.7. The minimum absolute atomic E-state index is 0.142. The number of aryl methyl sites for hydroxylation is 1. The zero-order valence-corrected chi connectivity index (χ0v) is 18.6. The Morgan fingerprint density at radius 1 is 1.29 bits per heavy atom. The van der Waals surface area contributed by atoms with Gasteiger partial charge in [-0.15, -0.1) is 21.5 Å². The number of thioether (sulfide) groups is 1. The van der Waals surface area contributed by atoms with Gasteiger partial charge in [-0.2, -0.15) is 5.26 Å². The number of nitriles is 1. The number of hydrogen-bond donors (Lipinski definition) is 1. The van der Waals surface area contributed by atoms with Gasteiger partial charge in [-0.05, 0) is 49.8 Å². The van der Waals surface area contributed by atoms with Crippen molar-refractivity contribution in [3.63, 3.8) is 0 Å². The molecule has 2 aliphatic rings. The first-order chi connectivity index (χ1) is 15.2. The lowest BCUT2D eigenvalue weighted by Crippen LogP contribution is -2.22. The van der Waals surface area contributed by atoms with Crippen molar-refractivity contribution in [2.24, 2.45) is 0 Å². The van der Waals surface area contributed by atoms with Gasteiger partial charge in [0.15, 0.2) is 5.16 Å². The number of thiophene rings is 1. The maximum atomic E-state index is 12.7. The van der Waals surface area contributed by atoms with Crippen LogP contribution in [0.4, 0.5) is 10.9 Å². The Morgan fingerprint density at radius 2 is 2.16 bits per heavy atom. The first-order valence-electron chi connectivity index (χ1n) is 10.4. The first-order valence-corrected chi connectivity index (χ1v) is 12.2. The van der Waals surface area contributed by atoms with Crippen LogP contribution in [0, 0.1) is 11.3 Å². The highest BCUT2D eigenvalue weighted by Crippen LogP contribution is 2.38. The van der Waals surface area contributed by atoms with E-state index in [1.165, 1.54) is 28.0 Å². The van der Waals surface area contributed by atoms with Gasteiger partial charge >= 0.3 is 0 Å². The van der Waals surface area contributed by atoms with Gasteiger partial charge in [-0.25, -0.2) is 0 Å². The third-order valence-corrected chi connectivity index (χ3v) is 7.77. The lowest BCUT2D eigenvalue weighted by atomic mass is 10.1. The summed E-state index contributed by atoms with van der Waals surface area (Å²) in [6, 6.07) is 6.06. The molecule has 1 saturated heterocycles. The molecule has 8 nitrogen and oxygen atoms in total. The van der Waals surface area contributed by atoms with Gasteiger partial charge in [0.2, 0.25) is 11.9 Å². The molecule has 1 amide bonds. The number of amides is 1. The van der Waals surface area contributed by atoms with E-state index >= 15 is 0 Å². The second-order valence-corrected chi connectivity index (χ2v) is 9.70. The molecule has 160 valence electrons. The molecule has 0 atom stereocenters. The topological polar surface area (TPSA) is 100.0 Å². The van der Waals surface area contributed by atoms with E-state index in [0.717, 1.165) is 62.5 Å². The van der Waals surface area contributed by atoms with Crippen molar-refractivity contribution in [3.8, 4) is 6.07 Å². The molecule has 0 unspecified atom stereocenters. The second kappa shape index (κ2) is 8.77. The van der Waals surface area contributed by atoms with Gasteiger partial charge in [0, 0.05) is 18.0 Å². The van der Waals surface area contributed by atoms with Gasteiger partial charge in [-0.3, -0.25) is 9.36 Å². The Morgan fingerprint density at radius 3 is 2.94 bits per heavy atom. The van der Waals surface area contributed by atoms with Crippen LogP contribution in [0.3, 0.4) is 0 Å². The van der Waals surface area contributed by atoms with Crippen molar-refractivity contribution in [2.75, 3.05) is 29.1 Å². The number of rotatable bonds is 7. The minimum atomic E-state index is -0.142. The van der Waals surface area contributed by atoms with Crippen LogP contribution in [0.2, 0.25) is 0 Å². The molecule has 1 aliphatic carbocycles. The Hall–Kier alpha value is -2.77. The normalized spacial score (nSPS) is 15.3. The van der Waals surface area contributed by atoms with Gasteiger partial charge in [0.05, 0.1) is 24.1 Å². The van der Waals surface area contributed by atoms with Crippen molar-refractivity contribution in [3.05, 3.63) is 40.2 Å². The molecule has 0 spiro atoms. The molecule has 5 rings (SSSR count). The van der Waals surface area contributed by atoms with E-state index in [2.05, 4.69) is 26.5 Å². The third kappa shape index (κ3) is 4.07. The van der Waals surface area contributed by atoms with Gasteiger partial charge in [0.25, 0.3) is 0 Å². The number of hydrogen-bond acceptors (Lipinski definition) is 8. The summed E-state index contributed by atoms with van der Waals surface area (Å²) in [5.41, 5.74) is 1.75. The molecule has 0 radical (unpaired) electrons. The SMILES string of the molecule is N#Cc1c(NC(=O)CSc2nnc(N3CCCC3)n2Cc2ccco2)sc2c1CCC2. The smallest absolute Gasteiger partial charge is 0.235 e. The Labute approximate surface area is 188 Å². The van der Waals surface area contributed by atoms with Gasteiger partial charge in [-0.1, -0.05) is 11.8 Å². The Balaban J connectivity index is 1.30. The summed E-state index contributed by atoms with van der Waals surface area (Å²) in [4.78, 5) is 16.1.